The Morgan fingerprint density at radius 1 is 1.03 bits per heavy atom. The van der Waals surface area contributed by atoms with Crippen molar-refractivity contribution in [1.82, 2.24) is 14.8 Å². The zero-order valence-electron chi connectivity index (χ0n) is 36.4. The second-order valence-corrected chi connectivity index (χ2v) is 17.5. The number of aliphatic hydroxyl groups excluding tert-OH is 1. The van der Waals surface area contributed by atoms with Gasteiger partial charge in [-0.3, -0.25) is 19.4 Å². The smallest absolute Gasteiger partial charge is 0.410 e. The van der Waals surface area contributed by atoms with E-state index in [0.29, 0.717) is 12.8 Å². The number of pyridine rings is 1. The van der Waals surface area contributed by atoms with Crippen molar-refractivity contribution in [1.29, 1.82) is 0 Å². The Bertz CT molecular complexity index is 1850. The lowest BCUT2D eigenvalue weighted by Crippen LogP contribution is -2.60. The number of Topliss-reactive ketones (excluding diaryl/α,β-unsaturated/α-hetero) is 2. The SMILES string of the molecule is CC[C@H]1OC(=O)[C@H](C)C(=O)[C@H](C)[C@@H](O[C@@H]2O[C@H](C)C[C@H](N(C)C)[C@H]2O)[C@](C)(OC)C[C@@H](C)C(=O)[C@H](C)[C@H]2N(CC/C=C/c3cncc4ccc(C)cc34)C(=O)O[C@]12C. The van der Waals surface area contributed by atoms with Crippen LogP contribution >= 0.6 is 0 Å². The van der Waals surface area contributed by atoms with E-state index in [4.69, 9.17) is 23.7 Å². The molecule has 320 valence electrons. The van der Waals surface area contributed by atoms with Crippen molar-refractivity contribution in [2.75, 3.05) is 27.7 Å². The Morgan fingerprint density at radius 3 is 2.40 bits per heavy atom. The molecule has 0 saturated carbocycles. The van der Waals surface area contributed by atoms with Gasteiger partial charge in [-0.15, -0.1) is 0 Å². The molecule has 3 fully saturated rings. The van der Waals surface area contributed by atoms with E-state index in [1.807, 2.05) is 77.2 Å². The largest absolute Gasteiger partial charge is 0.458 e. The van der Waals surface area contributed by atoms with Crippen molar-refractivity contribution in [2.24, 2.45) is 23.7 Å². The van der Waals surface area contributed by atoms with Crippen molar-refractivity contribution in [2.45, 2.75) is 142 Å². The van der Waals surface area contributed by atoms with E-state index in [-0.39, 0.29) is 37.3 Å². The standard InChI is InChI=1S/C45H65N3O10/c1-13-35-45(9)39(48(43(53)58-45)19-15-14-16-31-23-46-24-32-18-17-25(2)20-33(31)32)28(5)36(49)26(3)22-44(8,54-12)40(29(6)37(50)30(7)41(52)56-35)57-42-38(51)34(47(10)11)21-27(4)55-42/h14,16-18,20,23-24,26-30,34-35,38-40,42,51H,13,15,19,21-22H2,1-12H3/b16-14+/t26-,27-,28+,29+,30-,34+,35-,38-,39-,40-,42+,44-,45-/m1/s1. The Kier molecular flexibility index (Phi) is 14.3. The molecule has 2 aromatic rings. The number of hydrogen-bond acceptors (Lipinski definition) is 12. The van der Waals surface area contributed by atoms with Gasteiger partial charge in [0.2, 0.25) is 0 Å². The Morgan fingerprint density at radius 2 is 1.74 bits per heavy atom. The molecule has 0 bridgehead atoms. The van der Waals surface area contributed by atoms with Crippen LogP contribution in [0.3, 0.4) is 0 Å². The molecule has 1 amide bonds. The van der Waals surface area contributed by atoms with Crippen LogP contribution in [0.2, 0.25) is 0 Å². The molecule has 13 atom stereocenters. The molecule has 0 unspecified atom stereocenters. The number of hydrogen-bond donors (Lipinski definition) is 1. The van der Waals surface area contributed by atoms with Gasteiger partial charge >= 0.3 is 12.1 Å². The van der Waals surface area contributed by atoms with Crippen LogP contribution in [-0.4, -0.2) is 125 Å². The number of methoxy groups -OCH3 is 1. The van der Waals surface area contributed by atoms with Crippen LogP contribution in [0.25, 0.3) is 16.8 Å². The number of ether oxygens (including phenoxy) is 5. The number of aryl methyl sites for hydroxylation is 1. The number of aromatic nitrogens is 1. The van der Waals surface area contributed by atoms with E-state index in [0.717, 1.165) is 21.9 Å². The number of esters is 1. The molecule has 1 aromatic heterocycles. The number of carbonyl (C=O) groups excluding carboxylic acids is 4. The van der Waals surface area contributed by atoms with Crippen molar-refractivity contribution in [3.63, 3.8) is 0 Å². The number of rotatable bonds is 9. The maximum Gasteiger partial charge on any atom is 0.410 e. The lowest BCUT2D eigenvalue weighted by molar-refractivity contribution is -0.295. The number of benzene rings is 1. The fourth-order valence-electron chi connectivity index (χ4n) is 9.57. The maximum atomic E-state index is 14.7. The van der Waals surface area contributed by atoms with Gasteiger partial charge in [-0.2, -0.15) is 0 Å². The number of fused-ring (bicyclic) bond motifs is 2. The van der Waals surface area contributed by atoms with Gasteiger partial charge in [0.1, 0.15) is 23.9 Å². The fourth-order valence-corrected chi connectivity index (χ4v) is 9.57. The summed E-state index contributed by atoms with van der Waals surface area (Å²) in [4.78, 5) is 64.8. The highest BCUT2D eigenvalue weighted by molar-refractivity contribution is 6.00. The van der Waals surface area contributed by atoms with Crippen LogP contribution in [0.15, 0.2) is 36.7 Å². The van der Waals surface area contributed by atoms with Crippen molar-refractivity contribution < 1.29 is 48.0 Å². The van der Waals surface area contributed by atoms with E-state index in [9.17, 15) is 24.3 Å². The second-order valence-electron chi connectivity index (χ2n) is 17.5. The minimum absolute atomic E-state index is 0.125. The highest BCUT2D eigenvalue weighted by Crippen LogP contribution is 2.43. The van der Waals surface area contributed by atoms with Crippen LogP contribution in [0.4, 0.5) is 4.79 Å². The van der Waals surface area contributed by atoms with Gasteiger partial charge < -0.3 is 38.6 Å². The predicted molar refractivity (Wildman–Crippen MR) is 220 cm³/mol. The Balaban J connectivity index is 1.49. The zero-order chi connectivity index (χ0) is 42.9. The molecule has 0 radical (unpaired) electrons. The molecular weight excluding hydrogens is 743 g/mol. The average molecular weight is 808 g/mol. The summed E-state index contributed by atoms with van der Waals surface area (Å²) in [5.41, 5.74) is -0.611. The topological polar surface area (TPSA) is 154 Å². The van der Waals surface area contributed by atoms with Gasteiger partial charge in [0, 0.05) is 60.8 Å². The summed E-state index contributed by atoms with van der Waals surface area (Å²) in [5, 5.41) is 13.5. The first-order chi connectivity index (χ1) is 27.3. The Labute approximate surface area is 343 Å². The molecule has 3 aliphatic rings. The minimum Gasteiger partial charge on any atom is -0.458 e. The van der Waals surface area contributed by atoms with Crippen LogP contribution < -0.4 is 0 Å². The first kappa shape index (κ1) is 45.3. The molecule has 1 aromatic carbocycles. The molecule has 4 heterocycles. The number of nitrogens with zero attached hydrogens (tertiary/aromatic N) is 3. The van der Waals surface area contributed by atoms with E-state index in [1.54, 1.807) is 38.8 Å². The third kappa shape index (κ3) is 9.03. The van der Waals surface area contributed by atoms with E-state index in [2.05, 4.69) is 11.1 Å². The number of aliphatic hydroxyl groups is 1. The predicted octanol–water partition coefficient (Wildman–Crippen LogP) is 6.15. The number of amides is 1. The van der Waals surface area contributed by atoms with E-state index in [1.165, 1.54) is 14.0 Å². The zero-order valence-corrected chi connectivity index (χ0v) is 36.4. The van der Waals surface area contributed by atoms with E-state index >= 15 is 0 Å². The lowest BCUT2D eigenvalue weighted by Gasteiger charge is -2.47. The monoisotopic (exact) mass is 807 g/mol. The third-order valence-electron chi connectivity index (χ3n) is 12.9. The second kappa shape index (κ2) is 18.3. The molecule has 13 nitrogen and oxygen atoms in total. The molecule has 1 N–H and O–H groups in total. The third-order valence-corrected chi connectivity index (χ3v) is 12.9. The number of cyclic esters (lactones) is 1. The van der Waals surface area contributed by atoms with Crippen LogP contribution in [0, 0.1) is 30.6 Å². The fraction of sp³-hybridized carbons (Fsp3) is 0.667. The van der Waals surface area contributed by atoms with Crippen molar-refractivity contribution >= 4 is 40.5 Å². The summed E-state index contributed by atoms with van der Waals surface area (Å²) >= 11 is 0. The average Bonchev–Trinajstić information content (AvgIpc) is 3.45. The van der Waals surface area contributed by atoms with Gasteiger partial charge in [0.25, 0.3) is 0 Å². The summed E-state index contributed by atoms with van der Waals surface area (Å²) in [6.07, 6.45) is 3.94. The van der Waals surface area contributed by atoms with Crippen molar-refractivity contribution in [3.05, 3.63) is 47.8 Å². The molecule has 3 saturated heterocycles. The lowest BCUT2D eigenvalue weighted by atomic mass is 9.73. The first-order valence-corrected chi connectivity index (χ1v) is 20.8. The molecule has 13 heteroatoms. The maximum absolute atomic E-state index is 14.7. The molecule has 0 aliphatic carbocycles. The van der Waals surface area contributed by atoms with Gasteiger partial charge in [0.15, 0.2) is 17.7 Å². The van der Waals surface area contributed by atoms with Crippen LogP contribution in [0.1, 0.15) is 92.2 Å². The molecule has 0 spiro atoms. The van der Waals surface area contributed by atoms with Crippen molar-refractivity contribution in [3.8, 4) is 0 Å². The summed E-state index contributed by atoms with van der Waals surface area (Å²) in [7, 11) is 5.24. The first-order valence-electron chi connectivity index (χ1n) is 20.8. The quantitative estimate of drug-likeness (QED) is 0.228. The van der Waals surface area contributed by atoms with Gasteiger partial charge in [-0.05, 0) is 79.8 Å². The number of likely N-dealkylation sites (N-methyl/N-ethyl adjacent to an activating group) is 1. The minimum atomic E-state index is -1.42. The molecular formula is C45H65N3O10. The molecule has 3 aliphatic heterocycles. The summed E-state index contributed by atoms with van der Waals surface area (Å²) in [5.74, 6) is -4.99. The normalized spacial score (nSPS) is 36.9. The Hall–Kier alpha value is -3.75. The number of carbonyl (C=O) groups is 4. The number of ketones is 2. The van der Waals surface area contributed by atoms with Crippen LogP contribution in [-0.2, 0) is 38.1 Å². The van der Waals surface area contributed by atoms with E-state index < -0.39 is 83.4 Å². The van der Waals surface area contributed by atoms with Gasteiger partial charge in [-0.25, -0.2) is 4.79 Å². The summed E-state index contributed by atoms with van der Waals surface area (Å²) in [6.45, 7) is 16.2. The molecule has 5 rings (SSSR count). The summed E-state index contributed by atoms with van der Waals surface area (Å²) < 4.78 is 31.2. The highest BCUT2D eigenvalue weighted by atomic mass is 16.7. The highest BCUT2D eigenvalue weighted by Gasteiger charge is 2.60. The summed E-state index contributed by atoms with van der Waals surface area (Å²) in [6, 6.07) is 5.10. The molecule has 58 heavy (non-hydrogen) atoms. The van der Waals surface area contributed by atoms with Crippen LogP contribution in [0.5, 0.6) is 0 Å². The van der Waals surface area contributed by atoms with Gasteiger partial charge in [0.05, 0.1) is 23.9 Å². The van der Waals surface area contributed by atoms with Gasteiger partial charge in [-0.1, -0.05) is 63.6 Å².